The summed E-state index contributed by atoms with van der Waals surface area (Å²) in [5, 5.41) is 0. The van der Waals surface area contributed by atoms with E-state index in [1.54, 1.807) is 0 Å². The van der Waals surface area contributed by atoms with Gasteiger partial charge in [-0.05, 0) is 29.3 Å². The number of benzene rings is 2. The minimum absolute atomic E-state index is 0.0280. The van der Waals surface area contributed by atoms with Gasteiger partial charge < -0.3 is 0 Å². The van der Waals surface area contributed by atoms with E-state index in [9.17, 15) is 17.6 Å². The molecule has 0 amide bonds. The standard InChI is InChI=1S/C14H11BrF4N2/c15-12-7-8(16)5-6-10(12)13(21-20)9-3-1-2-4-11(9)14(17,18)19/h1-7,13,21H,20H2. The highest BCUT2D eigenvalue weighted by Crippen LogP contribution is 2.37. The summed E-state index contributed by atoms with van der Waals surface area (Å²) < 4.78 is 52.7. The van der Waals surface area contributed by atoms with Gasteiger partial charge in [0, 0.05) is 4.47 Å². The zero-order valence-corrected chi connectivity index (χ0v) is 12.2. The van der Waals surface area contributed by atoms with E-state index < -0.39 is 23.6 Å². The second-order valence-corrected chi connectivity index (χ2v) is 5.20. The Morgan fingerprint density at radius 2 is 1.71 bits per heavy atom. The van der Waals surface area contributed by atoms with Crippen LogP contribution in [0.2, 0.25) is 0 Å². The van der Waals surface area contributed by atoms with Gasteiger partial charge in [-0.25, -0.2) is 9.82 Å². The molecule has 1 unspecified atom stereocenters. The van der Waals surface area contributed by atoms with E-state index in [1.807, 2.05) is 0 Å². The Morgan fingerprint density at radius 3 is 2.29 bits per heavy atom. The van der Waals surface area contributed by atoms with Gasteiger partial charge in [0.25, 0.3) is 0 Å². The van der Waals surface area contributed by atoms with Crippen LogP contribution in [0.25, 0.3) is 0 Å². The fourth-order valence-electron chi connectivity index (χ4n) is 2.09. The first-order valence-electron chi connectivity index (χ1n) is 5.91. The zero-order chi connectivity index (χ0) is 15.6. The number of rotatable bonds is 3. The van der Waals surface area contributed by atoms with Crippen LogP contribution in [0.1, 0.15) is 22.7 Å². The van der Waals surface area contributed by atoms with Gasteiger partial charge in [-0.2, -0.15) is 13.2 Å². The average molecular weight is 363 g/mol. The van der Waals surface area contributed by atoms with Gasteiger partial charge in [0.05, 0.1) is 11.6 Å². The van der Waals surface area contributed by atoms with Gasteiger partial charge in [0.2, 0.25) is 0 Å². The molecule has 1 atom stereocenters. The highest BCUT2D eigenvalue weighted by molar-refractivity contribution is 9.10. The minimum Gasteiger partial charge on any atom is -0.271 e. The molecule has 0 heterocycles. The van der Waals surface area contributed by atoms with Crippen molar-refractivity contribution in [2.24, 2.45) is 5.84 Å². The average Bonchev–Trinajstić information content (AvgIpc) is 2.41. The lowest BCUT2D eigenvalue weighted by Gasteiger charge is -2.22. The summed E-state index contributed by atoms with van der Waals surface area (Å²) in [6.07, 6.45) is -4.50. The van der Waals surface area contributed by atoms with Gasteiger partial charge in [0.1, 0.15) is 5.82 Å². The van der Waals surface area contributed by atoms with Gasteiger partial charge in [0.15, 0.2) is 0 Å². The van der Waals surface area contributed by atoms with Crippen LogP contribution < -0.4 is 11.3 Å². The van der Waals surface area contributed by atoms with Crippen LogP contribution in [-0.2, 0) is 6.18 Å². The maximum absolute atomic E-state index is 13.1. The molecular formula is C14H11BrF4N2. The number of hydrogen-bond acceptors (Lipinski definition) is 2. The van der Waals surface area contributed by atoms with E-state index in [-0.39, 0.29) is 5.56 Å². The number of alkyl halides is 3. The first kappa shape index (κ1) is 15.9. The molecule has 2 aromatic carbocycles. The Morgan fingerprint density at radius 1 is 1.05 bits per heavy atom. The lowest BCUT2D eigenvalue weighted by molar-refractivity contribution is -0.138. The summed E-state index contributed by atoms with van der Waals surface area (Å²) in [6.45, 7) is 0. The van der Waals surface area contributed by atoms with Crippen molar-refractivity contribution < 1.29 is 17.6 Å². The van der Waals surface area contributed by atoms with E-state index >= 15 is 0 Å². The molecule has 0 fully saturated rings. The summed E-state index contributed by atoms with van der Waals surface area (Å²) in [5.41, 5.74) is 1.95. The first-order valence-corrected chi connectivity index (χ1v) is 6.71. The molecule has 2 rings (SSSR count). The predicted octanol–water partition coefficient (Wildman–Crippen LogP) is 4.16. The molecule has 0 aliphatic heterocycles. The molecule has 0 spiro atoms. The second kappa shape index (κ2) is 6.13. The van der Waals surface area contributed by atoms with Crippen LogP contribution in [-0.4, -0.2) is 0 Å². The van der Waals surface area contributed by atoms with E-state index in [0.29, 0.717) is 10.0 Å². The second-order valence-electron chi connectivity index (χ2n) is 4.35. The van der Waals surface area contributed by atoms with E-state index in [2.05, 4.69) is 21.4 Å². The third-order valence-electron chi connectivity index (χ3n) is 3.02. The first-order chi connectivity index (χ1) is 9.84. The normalized spacial score (nSPS) is 13.2. The zero-order valence-electron chi connectivity index (χ0n) is 10.6. The van der Waals surface area contributed by atoms with Crippen molar-refractivity contribution in [1.82, 2.24) is 5.43 Å². The minimum atomic E-state index is -4.50. The molecule has 0 saturated heterocycles. The summed E-state index contributed by atoms with van der Waals surface area (Å²) in [4.78, 5) is 0. The van der Waals surface area contributed by atoms with E-state index in [4.69, 9.17) is 5.84 Å². The molecule has 112 valence electrons. The van der Waals surface area contributed by atoms with Crippen LogP contribution >= 0.6 is 15.9 Å². The summed E-state index contributed by atoms with van der Waals surface area (Å²) in [5.74, 6) is 4.93. The lowest BCUT2D eigenvalue weighted by Crippen LogP contribution is -2.31. The SMILES string of the molecule is NNC(c1ccc(F)cc1Br)c1ccccc1C(F)(F)F. The molecule has 0 aromatic heterocycles. The third kappa shape index (κ3) is 3.42. The molecule has 3 N–H and O–H groups in total. The highest BCUT2D eigenvalue weighted by Gasteiger charge is 2.35. The molecule has 0 aliphatic carbocycles. The monoisotopic (exact) mass is 362 g/mol. The van der Waals surface area contributed by atoms with Crippen molar-refractivity contribution in [2.75, 3.05) is 0 Å². The maximum atomic E-state index is 13.1. The van der Waals surface area contributed by atoms with Crippen LogP contribution in [0, 0.1) is 5.82 Å². The molecule has 7 heteroatoms. The largest absolute Gasteiger partial charge is 0.416 e. The Balaban J connectivity index is 2.57. The Kier molecular flexibility index (Phi) is 4.65. The highest BCUT2D eigenvalue weighted by atomic mass is 79.9. The Labute approximate surface area is 127 Å². The fraction of sp³-hybridized carbons (Fsp3) is 0.143. The molecule has 0 saturated carbocycles. The van der Waals surface area contributed by atoms with Crippen molar-refractivity contribution >= 4 is 15.9 Å². The van der Waals surface area contributed by atoms with Crippen molar-refractivity contribution in [2.45, 2.75) is 12.2 Å². The lowest BCUT2D eigenvalue weighted by atomic mass is 9.94. The molecule has 2 nitrogen and oxygen atoms in total. The van der Waals surface area contributed by atoms with Crippen molar-refractivity contribution in [3.63, 3.8) is 0 Å². The van der Waals surface area contributed by atoms with Crippen molar-refractivity contribution in [3.05, 3.63) is 69.4 Å². The summed E-state index contributed by atoms with van der Waals surface area (Å²) >= 11 is 3.14. The summed E-state index contributed by atoms with van der Waals surface area (Å²) in [6, 6.07) is 7.93. The van der Waals surface area contributed by atoms with E-state index in [0.717, 1.165) is 6.07 Å². The van der Waals surface area contributed by atoms with Crippen LogP contribution in [0.4, 0.5) is 17.6 Å². The third-order valence-corrected chi connectivity index (χ3v) is 3.70. The van der Waals surface area contributed by atoms with Gasteiger partial charge in [-0.3, -0.25) is 5.84 Å². The van der Waals surface area contributed by atoms with Crippen LogP contribution in [0.5, 0.6) is 0 Å². The van der Waals surface area contributed by atoms with Gasteiger partial charge in [-0.15, -0.1) is 0 Å². The molecular weight excluding hydrogens is 352 g/mol. The predicted molar refractivity (Wildman–Crippen MR) is 74.7 cm³/mol. The van der Waals surface area contributed by atoms with Gasteiger partial charge in [-0.1, -0.05) is 40.2 Å². The van der Waals surface area contributed by atoms with E-state index in [1.165, 1.54) is 36.4 Å². The number of nitrogens with one attached hydrogen (secondary N) is 1. The molecule has 0 radical (unpaired) electrons. The molecule has 2 aromatic rings. The van der Waals surface area contributed by atoms with Crippen molar-refractivity contribution in [1.29, 1.82) is 0 Å². The van der Waals surface area contributed by atoms with Gasteiger partial charge >= 0.3 is 6.18 Å². The number of hydrazine groups is 1. The van der Waals surface area contributed by atoms with Crippen molar-refractivity contribution in [3.8, 4) is 0 Å². The smallest absolute Gasteiger partial charge is 0.271 e. The maximum Gasteiger partial charge on any atom is 0.416 e. The number of hydrogen-bond donors (Lipinski definition) is 2. The fourth-order valence-corrected chi connectivity index (χ4v) is 2.67. The van der Waals surface area contributed by atoms with Crippen LogP contribution in [0.3, 0.4) is 0 Å². The summed E-state index contributed by atoms with van der Waals surface area (Å²) in [7, 11) is 0. The molecule has 0 aliphatic rings. The van der Waals surface area contributed by atoms with Crippen LogP contribution in [0.15, 0.2) is 46.9 Å². The number of nitrogens with two attached hydrogens (primary N) is 1. The Hall–Kier alpha value is -1.44. The number of halogens is 5. The quantitative estimate of drug-likeness (QED) is 0.488. The Bertz CT molecular complexity index is 643. The topological polar surface area (TPSA) is 38.0 Å². The molecule has 21 heavy (non-hydrogen) atoms. The molecule has 0 bridgehead atoms.